The van der Waals surface area contributed by atoms with Crippen molar-refractivity contribution in [3.05, 3.63) is 76.6 Å². The number of rotatable bonds is 3. The molecule has 5 heterocycles. The van der Waals surface area contributed by atoms with E-state index in [0.29, 0.717) is 31.1 Å². The van der Waals surface area contributed by atoms with Gasteiger partial charge in [0.15, 0.2) is 0 Å². The average molecular weight is 402 g/mol. The first-order valence-electron chi connectivity index (χ1n) is 10.1. The number of hydrogen-bond donors (Lipinski definition) is 0. The molecule has 152 valence electrons. The van der Waals surface area contributed by atoms with Gasteiger partial charge in [-0.05, 0) is 36.6 Å². The van der Waals surface area contributed by atoms with Gasteiger partial charge in [-0.2, -0.15) is 0 Å². The molecule has 2 aliphatic rings. The van der Waals surface area contributed by atoms with Crippen molar-refractivity contribution in [3.63, 3.8) is 0 Å². The van der Waals surface area contributed by atoms with E-state index in [1.807, 2.05) is 27.7 Å². The molecule has 7 heteroatoms. The molecule has 2 atom stereocenters. The van der Waals surface area contributed by atoms with E-state index in [1.165, 1.54) is 0 Å². The van der Waals surface area contributed by atoms with Gasteiger partial charge in [0.25, 0.3) is 11.5 Å². The van der Waals surface area contributed by atoms with Gasteiger partial charge in [0.05, 0.1) is 12.8 Å². The van der Waals surface area contributed by atoms with Crippen LogP contribution in [-0.4, -0.2) is 45.5 Å². The standard InChI is InChI=1S/C23H22N4O3/c1-30-18-5-7-25-20(11-18)23(29)26-12-15-8-17(14-26)21-9-16(10-22(28)27(21)13-15)19-4-2-3-6-24-19/h2-7,9-11,15,17H,8,12-14H2,1H3/t15-,17+/m0/s1. The number of fused-ring (bicyclic) bond motifs is 4. The van der Waals surface area contributed by atoms with E-state index in [1.54, 1.807) is 37.7 Å². The maximum absolute atomic E-state index is 13.1. The molecule has 0 unspecified atom stereocenters. The van der Waals surface area contributed by atoms with Gasteiger partial charge in [-0.25, -0.2) is 0 Å². The average Bonchev–Trinajstić information content (AvgIpc) is 2.79. The van der Waals surface area contributed by atoms with Gasteiger partial charge in [-0.1, -0.05) is 6.07 Å². The van der Waals surface area contributed by atoms with E-state index >= 15 is 0 Å². The molecule has 2 bridgehead atoms. The van der Waals surface area contributed by atoms with Gasteiger partial charge in [0.2, 0.25) is 0 Å². The molecule has 0 saturated carbocycles. The second-order valence-corrected chi connectivity index (χ2v) is 7.92. The zero-order valence-electron chi connectivity index (χ0n) is 16.7. The number of nitrogens with zero attached hydrogens (tertiary/aromatic N) is 4. The van der Waals surface area contributed by atoms with E-state index < -0.39 is 0 Å². The molecule has 0 aliphatic carbocycles. The maximum atomic E-state index is 13.1. The highest BCUT2D eigenvalue weighted by Crippen LogP contribution is 2.36. The predicted octanol–water partition coefficient (Wildman–Crippen LogP) is 2.57. The summed E-state index contributed by atoms with van der Waals surface area (Å²) in [6.07, 6.45) is 4.29. The predicted molar refractivity (Wildman–Crippen MR) is 111 cm³/mol. The van der Waals surface area contributed by atoms with Crippen molar-refractivity contribution in [1.29, 1.82) is 0 Å². The fraction of sp³-hybridized carbons (Fsp3) is 0.304. The summed E-state index contributed by atoms with van der Waals surface area (Å²) in [5.74, 6) is 0.885. The van der Waals surface area contributed by atoms with Crippen LogP contribution >= 0.6 is 0 Å². The lowest BCUT2D eigenvalue weighted by atomic mass is 9.82. The SMILES string of the molecule is COc1ccnc(C(=O)N2C[C@@H]3C[C@H](C2)c2cc(-c4ccccn4)cc(=O)n2C3)c1. The third kappa shape index (κ3) is 3.26. The Morgan fingerprint density at radius 2 is 1.97 bits per heavy atom. The molecule has 2 aliphatic heterocycles. The fourth-order valence-electron chi connectivity index (χ4n) is 4.62. The smallest absolute Gasteiger partial charge is 0.272 e. The Kier molecular flexibility index (Phi) is 4.58. The summed E-state index contributed by atoms with van der Waals surface area (Å²) in [5.41, 5.74) is 2.97. The van der Waals surface area contributed by atoms with Gasteiger partial charge < -0.3 is 14.2 Å². The lowest BCUT2D eigenvalue weighted by Gasteiger charge is -2.42. The second kappa shape index (κ2) is 7.40. The maximum Gasteiger partial charge on any atom is 0.272 e. The summed E-state index contributed by atoms with van der Waals surface area (Å²) in [6.45, 7) is 1.82. The third-order valence-corrected chi connectivity index (χ3v) is 5.99. The molecular formula is C23H22N4O3. The number of pyridine rings is 3. The zero-order chi connectivity index (χ0) is 20.7. The molecule has 5 rings (SSSR count). The van der Waals surface area contributed by atoms with Crippen LogP contribution in [-0.2, 0) is 6.54 Å². The van der Waals surface area contributed by atoms with Crippen LogP contribution in [0.4, 0.5) is 0 Å². The highest BCUT2D eigenvalue weighted by Gasteiger charge is 2.37. The summed E-state index contributed by atoms with van der Waals surface area (Å²) >= 11 is 0. The molecule has 0 spiro atoms. The molecule has 3 aromatic heterocycles. The first kappa shape index (κ1) is 18.5. The van der Waals surface area contributed by atoms with Crippen LogP contribution in [0, 0.1) is 5.92 Å². The van der Waals surface area contributed by atoms with Crippen molar-refractivity contribution in [2.75, 3.05) is 20.2 Å². The Hall–Kier alpha value is -3.48. The second-order valence-electron chi connectivity index (χ2n) is 7.92. The first-order chi connectivity index (χ1) is 14.6. The van der Waals surface area contributed by atoms with E-state index in [0.717, 1.165) is 23.4 Å². The van der Waals surface area contributed by atoms with Crippen molar-refractivity contribution in [2.45, 2.75) is 18.9 Å². The van der Waals surface area contributed by atoms with Gasteiger partial charge >= 0.3 is 0 Å². The van der Waals surface area contributed by atoms with Crippen LogP contribution in [0.1, 0.15) is 28.5 Å². The zero-order valence-corrected chi connectivity index (χ0v) is 16.7. The Labute approximate surface area is 174 Å². The van der Waals surface area contributed by atoms with E-state index in [4.69, 9.17) is 4.74 Å². The number of likely N-dealkylation sites (tertiary alicyclic amines) is 1. The number of ether oxygens (including phenoxy) is 1. The van der Waals surface area contributed by atoms with Gasteiger partial charge in [0, 0.05) is 61.3 Å². The van der Waals surface area contributed by atoms with Gasteiger partial charge in [-0.3, -0.25) is 19.6 Å². The van der Waals surface area contributed by atoms with Crippen molar-refractivity contribution in [1.82, 2.24) is 19.4 Å². The van der Waals surface area contributed by atoms with E-state index in [2.05, 4.69) is 16.0 Å². The normalized spacial score (nSPS) is 19.8. The lowest BCUT2D eigenvalue weighted by molar-refractivity contribution is 0.0588. The van der Waals surface area contributed by atoms with Crippen LogP contribution < -0.4 is 10.3 Å². The highest BCUT2D eigenvalue weighted by atomic mass is 16.5. The number of piperidine rings is 1. The number of hydrogen-bond acceptors (Lipinski definition) is 5. The molecule has 1 saturated heterocycles. The minimum atomic E-state index is -0.0970. The van der Waals surface area contributed by atoms with E-state index in [-0.39, 0.29) is 23.3 Å². The number of methoxy groups -OCH3 is 1. The molecule has 0 radical (unpaired) electrons. The largest absolute Gasteiger partial charge is 0.497 e. The summed E-state index contributed by atoms with van der Waals surface area (Å²) < 4.78 is 7.10. The first-order valence-corrected chi connectivity index (χ1v) is 10.1. The monoisotopic (exact) mass is 402 g/mol. The summed E-state index contributed by atoms with van der Waals surface area (Å²) in [4.78, 5) is 36.4. The molecular weight excluding hydrogens is 380 g/mol. The van der Waals surface area contributed by atoms with Crippen LogP contribution in [0.25, 0.3) is 11.3 Å². The van der Waals surface area contributed by atoms with Crippen LogP contribution in [0.15, 0.2) is 59.7 Å². The number of amides is 1. The van der Waals surface area contributed by atoms with Gasteiger partial charge in [-0.15, -0.1) is 0 Å². The Morgan fingerprint density at radius 1 is 1.07 bits per heavy atom. The third-order valence-electron chi connectivity index (χ3n) is 5.99. The summed E-state index contributed by atoms with van der Waals surface area (Å²) in [5, 5.41) is 0. The number of carbonyl (C=O) groups is 1. The number of carbonyl (C=O) groups excluding carboxylic acids is 1. The Balaban J connectivity index is 1.47. The molecule has 1 amide bonds. The van der Waals surface area contributed by atoms with Gasteiger partial charge in [0.1, 0.15) is 11.4 Å². The quantitative estimate of drug-likeness (QED) is 0.673. The fourth-order valence-corrected chi connectivity index (χ4v) is 4.62. The number of aromatic nitrogens is 3. The Morgan fingerprint density at radius 3 is 2.77 bits per heavy atom. The van der Waals surface area contributed by atoms with Crippen molar-refractivity contribution in [3.8, 4) is 17.0 Å². The van der Waals surface area contributed by atoms with Crippen molar-refractivity contribution in [2.24, 2.45) is 5.92 Å². The molecule has 0 N–H and O–H groups in total. The lowest BCUT2D eigenvalue weighted by Crippen LogP contribution is -2.49. The van der Waals surface area contributed by atoms with Crippen molar-refractivity contribution >= 4 is 5.91 Å². The molecule has 7 nitrogen and oxygen atoms in total. The van der Waals surface area contributed by atoms with Crippen LogP contribution in [0.2, 0.25) is 0 Å². The van der Waals surface area contributed by atoms with Crippen molar-refractivity contribution < 1.29 is 9.53 Å². The molecule has 3 aromatic rings. The minimum Gasteiger partial charge on any atom is -0.497 e. The molecule has 30 heavy (non-hydrogen) atoms. The Bertz CT molecular complexity index is 1160. The molecule has 0 aromatic carbocycles. The minimum absolute atomic E-state index is 0.00269. The highest BCUT2D eigenvalue weighted by molar-refractivity contribution is 5.92. The molecule has 1 fully saturated rings. The summed E-state index contributed by atoms with van der Waals surface area (Å²) in [6, 6.07) is 12.8. The van der Waals surface area contributed by atoms with E-state index in [9.17, 15) is 9.59 Å². The van der Waals surface area contributed by atoms with Crippen LogP contribution in [0.3, 0.4) is 0 Å². The van der Waals surface area contributed by atoms with Crippen LogP contribution in [0.5, 0.6) is 5.75 Å². The topological polar surface area (TPSA) is 77.3 Å². The summed E-state index contributed by atoms with van der Waals surface area (Å²) in [7, 11) is 1.57.